The van der Waals surface area contributed by atoms with Gasteiger partial charge in [0.1, 0.15) is 0 Å². The maximum absolute atomic E-state index is 9.63. The van der Waals surface area contributed by atoms with Gasteiger partial charge in [-0.1, -0.05) is 33.1 Å². The Balaban J connectivity index is 2.31. The monoisotopic (exact) mass is 259 g/mol. The molecule has 1 saturated carbocycles. The minimum Gasteiger partial charge on any atom is -0.394 e. The van der Waals surface area contributed by atoms with Crippen LogP contribution < -0.4 is 5.32 Å². The van der Waals surface area contributed by atoms with E-state index in [9.17, 15) is 5.11 Å². The molecule has 17 heavy (non-hydrogen) atoms. The van der Waals surface area contributed by atoms with Crippen LogP contribution in [0.4, 0.5) is 0 Å². The summed E-state index contributed by atoms with van der Waals surface area (Å²) in [5, 5.41) is 13.9. The average Bonchev–Trinajstić information content (AvgIpc) is 2.35. The van der Waals surface area contributed by atoms with Crippen LogP contribution in [0.25, 0.3) is 0 Å². The Bertz CT molecular complexity index is 197. The van der Waals surface area contributed by atoms with Gasteiger partial charge < -0.3 is 10.4 Å². The Labute approximate surface area is 111 Å². The average molecular weight is 259 g/mol. The fourth-order valence-electron chi connectivity index (χ4n) is 2.79. The van der Waals surface area contributed by atoms with Crippen LogP contribution in [0, 0.1) is 0 Å². The van der Waals surface area contributed by atoms with Gasteiger partial charge in [-0.05, 0) is 38.0 Å². The van der Waals surface area contributed by atoms with E-state index in [2.05, 4.69) is 30.9 Å². The van der Waals surface area contributed by atoms with Gasteiger partial charge in [-0.15, -0.1) is 0 Å². The number of nitrogens with one attached hydrogen (secondary N) is 1. The van der Waals surface area contributed by atoms with Gasteiger partial charge >= 0.3 is 0 Å². The third-order valence-electron chi connectivity index (χ3n) is 3.76. The highest BCUT2D eigenvalue weighted by atomic mass is 32.2. The second kappa shape index (κ2) is 8.39. The van der Waals surface area contributed by atoms with Gasteiger partial charge in [0.05, 0.1) is 6.61 Å². The van der Waals surface area contributed by atoms with Gasteiger partial charge in [-0.25, -0.2) is 0 Å². The molecule has 1 rings (SSSR count). The van der Waals surface area contributed by atoms with Gasteiger partial charge in [0.25, 0.3) is 0 Å². The lowest BCUT2D eigenvalue weighted by molar-refractivity contribution is 0.125. The Morgan fingerprint density at radius 2 is 2.18 bits per heavy atom. The molecule has 0 bridgehead atoms. The summed E-state index contributed by atoms with van der Waals surface area (Å²) in [6, 6.07) is 0. The molecule has 0 spiro atoms. The minimum atomic E-state index is 0.0232. The normalized spacial score (nSPS) is 29.5. The standard InChI is InChI=1S/C14H29NOS/c1-3-5-6-10-17-13-8-7-9-14(11-13,12-16)15-4-2/h13,15-16H,3-12H2,1-2H3. The van der Waals surface area contributed by atoms with E-state index < -0.39 is 0 Å². The second-order valence-corrected chi connectivity index (χ2v) is 6.67. The molecule has 1 fully saturated rings. The zero-order valence-corrected chi connectivity index (χ0v) is 12.3. The van der Waals surface area contributed by atoms with E-state index >= 15 is 0 Å². The first-order chi connectivity index (χ1) is 8.26. The van der Waals surface area contributed by atoms with Gasteiger partial charge in [0.2, 0.25) is 0 Å². The highest BCUT2D eigenvalue weighted by Crippen LogP contribution is 2.35. The summed E-state index contributed by atoms with van der Waals surface area (Å²) in [5.74, 6) is 1.30. The lowest BCUT2D eigenvalue weighted by atomic mass is 9.82. The predicted octanol–water partition coefficient (Wildman–Crippen LogP) is 3.19. The maximum atomic E-state index is 9.63. The molecule has 0 amide bonds. The van der Waals surface area contributed by atoms with E-state index in [0.717, 1.165) is 24.6 Å². The SMILES string of the molecule is CCCCCSC1CCCC(CO)(NCC)C1. The minimum absolute atomic E-state index is 0.0232. The van der Waals surface area contributed by atoms with Crippen LogP contribution in [-0.4, -0.2) is 34.8 Å². The first kappa shape index (κ1) is 15.3. The summed E-state index contributed by atoms with van der Waals surface area (Å²) in [5.41, 5.74) is 0.0232. The van der Waals surface area contributed by atoms with Crippen molar-refractivity contribution in [2.75, 3.05) is 18.9 Å². The molecule has 0 radical (unpaired) electrons. The third kappa shape index (κ3) is 5.19. The topological polar surface area (TPSA) is 32.3 Å². The molecule has 1 aliphatic carbocycles. The zero-order valence-electron chi connectivity index (χ0n) is 11.5. The van der Waals surface area contributed by atoms with E-state index in [1.807, 2.05) is 0 Å². The molecule has 0 heterocycles. The van der Waals surface area contributed by atoms with Crippen molar-refractivity contribution in [3.8, 4) is 0 Å². The fraction of sp³-hybridized carbons (Fsp3) is 1.00. The van der Waals surface area contributed by atoms with Crippen molar-refractivity contribution in [1.82, 2.24) is 5.32 Å². The molecule has 0 aromatic rings. The van der Waals surface area contributed by atoms with Crippen LogP contribution in [0.3, 0.4) is 0 Å². The first-order valence-electron chi connectivity index (χ1n) is 7.24. The number of hydrogen-bond donors (Lipinski definition) is 2. The summed E-state index contributed by atoms with van der Waals surface area (Å²) in [6.07, 6.45) is 8.91. The molecule has 0 aliphatic heterocycles. The van der Waals surface area contributed by atoms with Crippen molar-refractivity contribution in [3.63, 3.8) is 0 Å². The van der Waals surface area contributed by atoms with E-state index in [-0.39, 0.29) is 5.54 Å². The molecule has 2 nitrogen and oxygen atoms in total. The first-order valence-corrected chi connectivity index (χ1v) is 8.28. The lowest BCUT2D eigenvalue weighted by Crippen LogP contribution is -2.52. The van der Waals surface area contributed by atoms with Crippen molar-refractivity contribution in [3.05, 3.63) is 0 Å². The molecule has 102 valence electrons. The Morgan fingerprint density at radius 3 is 2.82 bits per heavy atom. The van der Waals surface area contributed by atoms with E-state index in [0.29, 0.717) is 6.61 Å². The van der Waals surface area contributed by atoms with Gasteiger partial charge in [0.15, 0.2) is 0 Å². The highest BCUT2D eigenvalue weighted by molar-refractivity contribution is 7.99. The smallest absolute Gasteiger partial charge is 0.0613 e. The number of thioether (sulfide) groups is 1. The van der Waals surface area contributed by atoms with Crippen molar-refractivity contribution >= 4 is 11.8 Å². The van der Waals surface area contributed by atoms with Crippen LogP contribution in [0.2, 0.25) is 0 Å². The van der Waals surface area contributed by atoms with Crippen molar-refractivity contribution in [2.45, 2.75) is 69.6 Å². The molecule has 2 N–H and O–H groups in total. The summed E-state index contributed by atoms with van der Waals surface area (Å²) >= 11 is 2.13. The summed E-state index contributed by atoms with van der Waals surface area (Å²) in [7, 11) is 0. The molecular formula is C14H29NOS. The largest absolute Gasteiger partial charge is 0.394 e. The fourth-order valence-corrected chi connectivity index (χ4v) is 4.26. The number of likely N-dealkylation sites (N-methyl/N-ethyl adjacent to an activating group) is 1. The van der Waals surface area contributed by atoms with Crippen LogP contribution in [0.1, 0.15) is 58.8 Å². The summed E-state index contributed by atoms with van der Waals surface area (Å²) in [4.78, 5) is 0. The Hall–Kier alpha value is 0.270. The number of hydrogen-bond acceptors (Lipinski definition) is 3. The summed E-state index contributed by atoms with van der Waals surface area (Å²) < 4.78 is 0. The quantitative estimate of drug-likeness (QED) is 0.657. The number of aliphatic hydroxyl groups is 1. The summed E-state index contributed by atoms with van der Waals surface area (Å²) in [6.45, 7) is 5.66. The number of unbranched alkanes of at least 4 members (excludes halogenated alkanes) is 2. The molecule has 3 heteroatoms. The van der Waals surface area contributed by atoms with Crippen LogP contribution in [-0.2, 0) is 0 Å². The van der Waals surface area contributed by atoms with Gasteiger partial charge in [-0.2, -0.15) is 11.8 Å². The predicted molar refractivity (Wildman–Crippen MR) is 77.7 cm³/mol. The molecule has 0 saturated heterocycles. The van der Waals surface area contributed by atoms with E-state index in [4.69, 9.17) is 0 Å². The number of aliphatic hydroxyl groups excluding tert-OH is 1. The van der Waals surface area contributed by atoms with Crippen LogP contribution >= 0.6 is 11.8 Å². The van der Waals surface area contributed by atoms with Gasteiger partial charge in [-0.3, -0.25) is 0 Å². The van der Waals surface area contributed by atoms with E-state index in [1.54, 1.807) is 0 Å². The molecule has 0 aromatic carbocycles. The molecule has 2 unspecified atom stereocenters. The second-order valence-electron chi connectivity index (χ2n) is 5.27. The lowest BCUT2D eigenvalue weighted by Gasteiger charge is -2.40. The van der Waals surface area contributed by atoms with E-state index in [1.165, 1.54) is 37.9 Å². The van der Waals surface area contributed by atoms with Crippen molar-refractivity contribution in [2.24, 2.45) is 0 Å². The molecule has 2 atom stereocenters. The third-order valence-corrected chi connectivity index (χ3v) is 5.15. The van der Waals surface area contributed by atoms with Crippen LogP contribution in [0.5, 0.6) is 0 Å². The van der Waals surface area contributed by atoms with Crippen LogP contribution in [0.15, 0.2) is 0 Å². The zero-order chi connectivity index (χ0) is 12.6. The van der Waals surface area contributed by atoms with Gasteiger partial charge in [0, 0.05) is 10.8 Å². The van der Waals surface area contributed by atoms with Crippen molar-refractivity contribution < 1.29 is 5.11 Å². The molecular weight excluding hydrogens is 230 g/mol. The molecule has 0 aromatic heterocycles. The molecule has 1 aliphatic rings. The Kier molecular flexibility index (Phi) is 7.56. The highest BCUT2D eigenvalue weighted by Gasteiger charge is 2.34. The number of rotatable bonds is 8. The maximum Gasteiger partial charge on any atom is 0.0613 e. The van der Waals surface area contributed by atoms with Crippen molar-refractivity contribution in [1.29, 1.82) is 0 Å². The Morgan fingerprint density at radius 1 is 1.35 bits per heavy atom.